The van der Waals surface area contributed by atoms with Crippen molar-refractivity contribution in [2.75, 3.05) is 20.1 Å². The van der Waals surface area contributed by atoms with Gasteiger partial charge in [-0.2, -0.15) is 0 Å². The summed E-state index contributed by atoms with van der Waals surface area (Å²) in [6, 6.07) is 8.15. The minimum Gasteiger partial charge on any atom is -0.391 e. The summed E-state index contributed by atoms with van der Waals surface area (Å²) in [5.41, 5.74) is 5.23. The highest BCUT2D eigenvalue weighted by Gasteiger charge is 2.27. The maximum absolute atomic E-state index is 11.6. The number of carbonyl (C=O) groups excluding carboxylic acids is 3. The lowest BCUT2D eigenvalue weighted by molar-refractivity contribution is -0.132. The summed E-state index contributed by atoms with van der Waals surface area (Å²) in [5, 5.41) is 14.3. The molecule has 2 heterocycles. The number of likely N-dealkylation sites (tertiary alicyclic amines) is 1. The maximum Gasteiger partial charge on any atom is 0.223 e. The molecule has 1 atom stereocenters. The third kappa shape index (κ3) is 11.4. The van der Waals surface area contributed by atoms with Gasteiger partial charge >= 0.3 is 0 Å². The predicted octanol–water partition coefficient (Wildman–Crippen LogP) is 3.13. The third-order valence-corrected chi connectivity index (χ3v) is 5.88. The fourth-order valence-corrected chi connectivity index (χ4v) is 3.86. The van der Waals surface area contributed by atoms with Gasteiger partial charge in [-0.05, 0) is 29.9 Å². The van der Waals surface area contributed by atoms with E-state index in [0.717, 1.165) is 24.2 Å². The van der Waals surface area contributed by atoms with Gasteiger partial charge in [-0.25, -0.2) is 4.98 Å². The van der Waals surface area contributed by atoms with Crippen molar-refractivity contribution in [2.45, 2.75) is 60.1 Å². The van der Waals surface area contributed by atoms with Gasteiger partial charge in [-0.15, -0.1) is 11.3 Å². The van der Waals surface area contributed by atoms with Crippen molar-refractivity contribution >= 4 is 29.6 Å². The highest BCUT2D eigenvalue weighted by atomic mass is 32.1. The van der Waals surface area contributed by atoms with E-state index in [1.807, 2.05) is 24.6 Å². The molecule has 1 fully saturated rings. The molecule has 0 spiro atoms. The molecule has 1 aromatic carbocycles. The molecule has 1 aliphatic rings. The second-order valence-corrected chi connectivity index (χ2v) is 10.1. The Hall–Kier alpha value is -2.78. The van der Waals surface area contributed by atoms with Gasteiger partial charge in [-0.3, -0.25) is 14.4 Å². The van der Waals surface area contributed by atoms with Gasteiger partial charge in [0.25, 0.3) is 0 Å². The van der Waals surface area contributed by atoms with E-state index in [1.54, 1.807) is 23.3 Å². The van der Waals surface area contributed by atoms with Crippen molar-refractivity contribution in [1.82, 2.24) is 20.5 Å². The first-order valence-corrected chi connectivity index (χ1v) is 12.2. The van der Waals surface area contributed by atoms with Crippen molar-refractivity contribution in [3.8, 4) is 10.4 Å². The maximum atomic E-state index is 11.6. The molecule has 1 aromatic heterocycles. The number of aromatic nitrogens is 1. The highest BCUT2D eigenvalue weighted by Crippen LogP contribution is 2.27. The lowest BCUT2D eigenvalue weighted by atomic mass is 9.92. The Labute approximate surface area is 206 Å². The van der Waals surface area contributed by atoms with Crippen LogP contribution in [0.25, 0.3) is 10.4 Å². The smallest absolute Gasteiger partial charge is 0.223 e. The standard InChI is InChI=1S/C12H12N2OS.C10H19NO2.C3H7NO/c1-9-12(16-8-14-9)11-4-2-10(3-5-11)6-13-7-15;1-10(2,3)6-9(13)11-5-4-8(12)7-11;1-3(5)4-2/h2-5,7-8H,6H2,1H3,(H,13,15);8,12H,4-7H2,1-3H3;1-2H3,(H,4,5). The van der Waals surface area contributed by atoms with E-state index in [1.165, 1.54) is 17.4 Å². The van der Waals surface area contributed by atoms with Crippen LogP contribution in [0.1, 0.15) is 51.8 Å². The van der Waals surface area contributed by atoms with Gasteiger partial charge in [0.1, 0.15) is 0 Å². The highest BCUT2D eigenvalue weighted by molar-refractivity contribution is 7.13. The number of aliphatic hydroxyl groups excluding tert-OH is 1. The van der Waals surface area contributed by atoms with E-state index >= 15 is 0 Å². The van der Waals surface area contributed by atoms with Crippen LogP contribution in [0.3, 0.4) is 0 Å². The van der Waals surface area contributed by atoms with Gasteiger partial charge in [0.2, 0.25) is 18.2 Å². The summed E-state index contributed by atoms with van der Waals surface area (Å²) in [7, 11) is 1.60. The Morgan fingerprint density at radius 2 is 1.88 bits per heavy atom. The van der Waals surface area contributed by atoms with Crippen LogP contribution in [0, 0.1) is 12.3 Å². The Morgan fingerprint density at radius 3 is 2.29 bits per heavy atom. The fourth-order valence-electron chi connectivity index (χ4n) is 3.05. The minimum absolute atomic E-state index is 0.00463. The molecular formula is C25H38N4O4S. The molecule has 0 aliphatic carbocycles. The Balaban J connectivity index is 0.000000289. The summed E-state index contributed by atoms with van der Waals surface area (Å²) in [6.45, 7) is 11.5. The molecule has 0 bridgehead atoms. The lowest BCUT2D eigenvalue weighted by Crippen LogP contribution is -2.32. The first-order valence-electron chi connectivity index (χ1n) is 11.3. The molecule has 1 saturated heterocycles. The first kappa shape index (κ1) is 29.3. The third-order valence-electron chi connectivity index (χ3n) is 4.90. The van der Waals surface area contributed by atoms with Crippen molar-refractivity contribution in [3.05, 3.63) is 41.0 Å². The number of benzene rings is 1. The second kappa shape index (κ2) is 14.5. The average molecular weight is 491 g/mol. The number of rotatable bonds is 5. The zero-order valence-electron chi connectivity index (χ0n) is 21.1. The van der Waals surface area contributed by atoms with E-state index in [9.17, 15) is 19.5 Å². The van der Waals surface area contributed by atoms with Gasteiger partial charge in [0, 0.05) is 40.0 Å². The molecule has 188 valence electrons. The van der Waals surface area contributed by atoms with Gasteiger partial charge < -0.3 is 20.6 Å². The van der Waals surface area contributed by atoms with Crippen LogP contribution in [0.5, 0.6) is 0 Å². The normalized spacial score (nSPS) is 14.8. The van der Waals surface area contributed by atoms with Crippen molar-refractivity contribution < 1.29 is 19.5 Å². The second-order valence-electron chi connectivity index (χ2n) is 9.29. The van der Waals surface area contributed by atoms with Crippen molar-refractivity contribution in [2.24, 2.45) is 5.41 Å². The van der Waals surface area contributed by atoms with Gasteiger partial charge in [0.15, 0.2) is 0 Å². The zero-order chi connectivity index (χ0) is 25.7. The molecule has 3 rings (SSSR count). The average Bonchev–Trinajstić information content (AvgIpc) is 3.40. The number of nitrogens with zero attached hydrogens (tertiary/aromatic N) is 2. The molecule has 1 unspecified atom stereocenters. The number of hydrogen-bond acceptors (Lipinski definition) is 6. The van der Waals surface area contributed by atoms with Crippen LogP contribution < -0.4 is 10.6 Å². The molecule has 1 aliphatic heterocycles. The molecule has 0 saturated carbocycles. The number of aliphatic hydroxyl groups is 1. The largest absolute Gasteiger partial charge is 0.391 e. The summed E-state index contributed by atoms with van der Waals surface area (Å²) < 4.78 is 0. The first-order chi connectivity index (χ1) is 16.0. The minimum atomic E-state index is -0.302. The van der Waals surface area contributed by atoms with E-state index in [2.05, 4.69) is 48.5 Å². The number of amides is 3. The van der Waals surface area contributed by atoms with Crippen LogP contribution in [0.4, 0.5) is 0 Å². The van der Waals surface area contributed by atoms with E-state index in [4.69, 9.17) is 0 Å². The summed E-state index contributed by atoms with van der Waals surface area (Å²) in [4.78, 5) is 38.7. The summed E-state index contributed by atoms with van der Waals surface area (Å²) >= 11 is 1.64. The molecule has 3 amide bonds. The van der Waals surface area contributed by atoms with Crippen molar-refractivity contribution in [3.63, 3.8) is 0 Å². The van der Waals surface area contributed by atoms with Crippen LogP contribution in [0.2, 0.25) is 0 Å². The molecule has 9 heteroatoms. The van der Waals surface area contributed by atoms with Crippen LogP contribution in [-0.2, 0) is 20.9 Å². The Morgan fingerprint density at radius 1 is 1.26 bits per heavy atom. The van der Waals surface area contributed by atoms with Gasteiger partial charge in [0.05, 0.1) is 22.2 Å². The molecule has 0 radical (unpaired) electrons. The van der Waals surface area contributed by atoms with E-state index < -0.39 is 0 Å². The molecule has 3 N–H and O–H groups in total. The summed E-state index contributed by atoms with van der Waals surface area (Å²) in [6.07, 6.45) is 1.71. The van der Waals surface area contributed by atoms with E-state index in [0.29, 0.717) is 25.9 Å². The van der Waals surface area contributed by atoms with Gasteiger partial charge in [-0.1, -0.05) is 45.0 Å². The number of nitrogens with one attached hydrogen (secondary N) is 2. The number of β-amino-alcohol motifs (C(OH)–C–C–N with tert-alkyl or cyclic N) is 1. The number of thiazole rings is 1. The van der Waals surface area contributed by atoms with Crippen LogP contribution in [0.15, 0.2) is 29.8 Å². The zero-order valence-corrected chi connectivity index (χ0v) is 21.9. The Kier molecular flexibility index (Phi) is 12.5. The van der Waals surface area contributed by atoms with Crippen molar-refractivity contribution in [1.29, 1.82) is 0 Å². The van der Waals surface area contributed by atoms with Crippen LogP contribution >= 0.6 is 11.3 Å². The molecule has 2 aromatic rings. The topological polar surface area (TPSA) is 112 Å². The van der Waals surface area contributed by atoms with E-state index in [-0.39, 0.29) is 23.3 Å². The quantitative estimate of drug-likeness (QED) is 0.558. The number of aryl methyl sites for hydroxylation is 1. The number of hydrogen-bond donors (Lipinski definition) is 3. The SMILES string of the molecule is CC(C)(C)CC(=O)N1CCC(O)C1.CNC(C)=O.Cc1ncsc1-c1ccc(CNC=O)cc1. The van der Waals surface area contributed by atoms with Crippen LogP contribution in [-0.4, -0.2) is 59.5 Å². The number of carbonyl (C=O) groups is 3. The fraction of sp³-hybridized carbons (Fsp3) is 0.520. The molecular weight excluding hydrogens is 452 g/mol. The summed E-state index contributed by atoms with van der Waals surface area (Å²) in [5.74, 6) is 0.175. The molecule has 34 heavy (non-hydrogen) atoms. The Bertz CT molecular complexity index is 906. The monoisotopic (exact) mass is 490 g/mol. The lowest BCUT2D eigenvalue weighted by Gasteiger charge is -2.22. The molecule has 8 nitrogen and oxygen atoms in total. The predicted molar refractivity (Wildman–Crippen MR) is 136 cm³/mol.